The number of allylic oxidation sites excluding steroid dienone is 1. The van der Waals surface area contributed by atoms with Crippen LogP contribution in [0.25, 0.3) is 0 Å². The van der Waals surface area contributed by atoms with E-state index in [0.29, 0.717) is 32.7 Å². The highest BCUT2D eigenvalue weighted by Crippen LogP contribution is 2.20. The summed E-state index contributed by atoms with van der Waals surface area (Å²) in [5.74, 6) is 0.523. The molecule has 1 aliphatic carbocycles. The summed E-state index contributed by atoms with van der Waals surface area (Å²) in [6, 6.07) is 9.48. The van der Waals surface area contributed by atoms with E-state index >= 15 is 0 Å². The van der Waals surface area contributed by atoms with E-state index in [1.54, 1.807) is 11.8 Å². The van der Waals surface area contributed by atoms with Crippen LogP contribution >= 0.6 is 0 Å². The minimum atomic E-state index is -0.257. The fourth-order valence-electron chi connectivity index (χ4n) is 3.16. The second-order valence-corrected chi connectivity index (χ2v) is 6.71. The Bertz CT molecular complexity index is 612. The van der Waals surface area contributed by atoms with Gasteiger partial charge in [0.1, 0.15) is 5.75 Å². The molecule has 0 radical (unpaired) electrons. The Morgan fingerprint density at radius 3 is 2.59 bits per heavy atom. The Kier molecular flexibility index (Phi) is 9.45. The van der Waals surface area contributed by atoms with Crippen LogP contribution in [0.5, 0.6) is 5.75 Å². The molecule has 27 heavy (non-hydrogen) atoms. The summed E-state index contributed by atoms with van der Waals surface area (Å²) in [5.41, 5.74) is 1.43. The molecule has 0 aromatic heterocycles. The monoisotopic (exact) mass is 373 g/mol. The van der Waals surface area contributed by atoms with Gasteiger partial charge < -0.3 is 14.4 Å². The summed E-state index contributed by atoms with van der Waals surface area (Å²) >= 11 is 0. The second kappa shape index (κ2) is 12.2. The standard InChI is InChI=1S/C22H31NO4/c1-2-26-22(25)14-17-23(16-13-19-9-5-3-6-10-19)21(24)15-18-27-20-11-7-4-8-12-20/h4,7-9,11-12H,2-3,5-6,10,13-18H2,1H3. The third-order valence-corrected chi connectivity index (χ3v) is 4.66. The van der Waals surface area contributed by atoms with Crippen LogP contribution in [0, 0.1) is 0 Å². The molecule has 0 unspecified atom stereocenters. The first-order valence-electron chi connectivity index (χ1n) is 9.98. The molecule has 5 nitrogen and oxygen atoms in total. The lowest BCUT2D eigenvalue weighted by Crippen LogP contribution is -2.35. The topological polar surface area (TPSA) is 55.8 Å². The first-order chi connectivity index (χ1) is 13.2. The van der Waals surface area contributed by atoms with Gasteiger partial charge in [-0.15, -0.1) is 0 Å². The molecule has 0 fully saturated rings. The molecule has 0 saturated heterocycles. The summed E-state index contributed by atoms with van der Waals surface area (Å²) < 4.78 is 10.6. The molecule has 0 bridgehead atoms. The predicted molar refractivity (Wildman–Crippen MR) is 106 cm³/mol. The van der Waals surface area contributed by atoms with E-state index in [2.05, 4.69) is 6.08 Å². The van der Waals surface area contributed by atoms with Crippen LogP contribution in [0.1, 0.15) is 51.9 Å². The van der Waals surface area contributed by atoms with E-state index in [1.165, 1.54) is 18.4 Å². The zero-order valence-corrected chi connectivity index (χ0v) is 16.3. The van der Waals surface area contributed by atoms with Gasteiger partial charge in [0.15, 0.2) is 0 Å². The molecule has 0 N–H and O–H groups in total. The normalized spacial score (nSPS) is 13.6. The summed E-state index contributed by atoms with van der Waals surface area (Å²) in [4.78, 5) is 26.1. The number of para-hydroxylation sites is 1. The molecule has 5 heteroatoms. The first-order valence-corrected chi connectivity index (χ1v) is 9.98. The number of carbonyl (C=O) groups excluding carboxylic acids is 2. The SMILES string of the molecule is CCOC(=O)CCN(CCC1=CCCCC1)C(=O)CCOc1ccccc1. The number of ether oxygens (including phenoxy) is 2. The number of rotatable bonds is 11. The van der Waals surface area contributed by atoms with Gasteiger partial charge >= 0.3 is 5.97 Å². The molecule has 0 atom stereocenters. The van der Waals surface area contributed by atoms with Crippen molar-refractivity contribution in [1.29, 1.82) is 0 Å². The van der Waals surface area contributed by atoms with Crippen molar-refractivity contribution >= 4 is 11.9 Å². The van der Waals surface area contributed by atoms with Gasteiger partial charge in [0, 0.05) is 13.1 Å². The lowest BCUT2D eigenvalue weighted by molar-refractivity contribution is -0.144. The molecule has 2 rings (SSSR count). The highest BCUT2D eigenvalue weighted by Gasteiger charge is 2.16. The number of hydrogen-bond donors (Lipinski definition) is 0. The van der Waals surface area contributed by atoms with Crippen LogP contribution in [-0.4, -0.2) is 43.1 Å². The molecule has 148 valence electrons. The van der Waals surface area contributed by atoms with Gasteiger partial charge in [-0.25, -0.2) is 0 Å². The summed E-state index contributed by atoms with van der Waals surface area (Å²) in [6.07, 6.45) is 8.46. The molecule has 0 aliphatic heterocycles. The van der Waals surface area contributed by atoms with Gasteiger partial charge in [0.05, 0.1) is 26.1 Å². The van der Waals surface area contributed by atoms with Crippen molar-refractivity contribution in [3.63, 3.8) is 0 Å². The maximum atomic E-state index is 12.7. The number of hydrogen-bond acceptors (Lipinski definition) is 4. The summed E-state index contributed by atoms with van der Waals surface area (Å²) in [5, 5.41) is 0. The van der Waals surface area contributed by atoms with Crippen LogP contribution in [-0.2, 0) is 14.3 Å². The highest BCUT2D eigenvalue weighted by molar-refractivity contribution is 5.77. The largest absolute Gasteiger partial charge is 0.493 e. The molecule has 1 aromatic rings. The number of esters is 1. The maximum absolute atomic E-state index is 12.7. The lowest BCUT2D eigenvalue weighted by atomic mass is 9.97. The van der Waals surface area contributed by atoms with Crippen LogP contribution < -0.4 is 4.74 Å². The van der Waals surface area contributed by atoms with Crippen LogP contribution in [0.15, 0.2) is 42.0 Å². The van der Waals surface area contributed by atoms with Gasteiger partial charge in [-0.2, -0.15) is 0 Å². The highest BCUT2D eigenvalue weighted by atomic mass is 16.5. The minimum Gasteiger partial charge on any atom is -0.493 e. The number of benzene rings is 1. The predicted octanol–water partition coefficient (Wildman–Crippen LogP) is 4.13. The van der Waals surface area contributed by atoms with Crippen LogP contribution in [0.4, 0.5) is 0 Å². The van der Waals surface area contributed by atoms with E-state index in [9.17, 15) is 9.59 Å². The molecule has 1 amide bonds. The average Bonchev–Trinajstić information content (AvgIpc) is 2.69. The Hall–Kier alpha value is -2.30. The average molecular weight is 373 g/mol. The fourth-order valence-corrected chi connectivity index (χ4v) is 3.16. The van der Waals surface area contributed by atoms with Crippen molar-refractivity contribution in [2.24, 2.45) is 0 Å². The number of nitrogens with zero attached hydrogens (tertiary/aromatic N) is 1. The van der Waals surface area contributed by atoms with E-state index in [4.69, 9.17) is 9.47 Å². The van der Waals surface area contributed by atoms with Gasteiger partial charge in [0.25, 0.3) is 0 Å². The molecule has 0 saturated carbocycles. The van der Waals surface area contributed by atoms with E-state index in [-0.39, 0.29) is 18.3 Å². The summed E-state index contributed by atoms with van der Waals surface area (Å²) in [7, 11) is 0. The van der Waals surface area contributed by atoms with Crippen LogP contribution in [0.3, 0.4) is 0 Å². The van der Waals surface area contributed by atoms with E-state index in [0.717, 1.165) is 25.0 Å². The quantitative estimate of drug-likeness (QED) is 0.432. The van der Waals surface area contributed by atoms with E-state index < -0.39 is 0 Å². The van der Waals surface area contributed by atoms with Crippen molar-refractivity contribution < 1.29 is 19.1 Å². The molecule has 0 spiro atoms. The minimum absolute atomic E-state index is 0.0200. The molecule has 1 aliphatic rings. The maximum Gasteiger partial charge on any atom is 0.307 e. The Morgan fingerprint density at radius 1 is 1.07 bits per heavy atom. The molecule has 0 heterocycles. The first kappa shape index (κ1) is 21.0. The van der Waals surface area contributed by atoms with E-state index in [1.807, 2.05) is 30.3 Å². The van der Waals surface area contributed by atoms with Crippen molar-refractivity contribution in [3.05, 3.63) is 42.0 Å². The smallest absolute Gasteiger partial charge is 0.307 e. The van der Waals surface area contributed by atoms with Gasteiger partial charge in [-0.3, -0.25) is 9.59 Å². The van der Waals surface area contributed by atoms with Crippen molar-refractivity contribution in [1.82, 2.24) is 4.90 Å². The number of amides is 1. The Labute approximate surface area is 162 Å². The molecular weight excluding hydrogens is 342 g/mol. The second-order valence-electron chi connectivity index (χ2n) is 6.71. The summed E-state index contributed by atoms with van der Waals surface area (Å²) in [6.45, 7) is 3.54. The molecular formula is C22H31NO4. The fraction of sp³-hybridized carbons (Fsp3) is 0.545. The van der Waals surface area contributed by atoms with Crippen molar-refractivity contribution in [2.75, 3.05) is 26.3 Å². The zero-order chi connectivity index (χ0) is 19.3. The lowest BCUT2D eigenvalue weighted by Gasteiger charge is -2.24. The van der Waals surface area contributed by atoms with Gasteiger partial charge in [0.2, 0.25) is 5.91 Å². The van der Waals surface area contributed by atoms with Gasteiger partial charge in [-0.05, 0) is 51.2 Å². The van der Waals surface area contributed by atoms with Gasteiger partial charge in [-0.1, -0.05) is 29.8 Å². The Balaban J connectivity index is 1.83. The third kappa shape index (κ3) is 8.29. The van der Waals surface area contributed by atoms with Crippen molar-refractivity contribution in [2.45, 2.75) is 51.9 Å². The number of carbonyl (C=O) groups is 2. The third-order valence-electron chi connectivity index (χ3n) is 4.66. The molecule has 1 aromatic carbocycles. The van der Waals surface area contributed by atoms with Crippen LogP contribution in [0.2, 0.25) is 0 Å². The van der Waals surface area contributed by atoms with Crippen molar-refractivity contribution in [3.8, 4) is 5.75 Å². The Morgan fingerprint density at radius 2 is 1.89 bits per heavy atom. The zero-order valence-electron chi connectivity index (χ0n) is 16.3.